The summed E-state index contributed by atoms with van der Waals surface area (Å²) in [5.74, 6) is 0.630. The van der Waals surface area contributed by atoms with E-state index < -0.39 is 0 Å². The van der Waals surface area contributed by atoms with Crippen molar-refractivity contribution in [3.63, 3.8) is 0 Å². The summed E-state index contributed by atoms with van der Waals surface area (Å²) in [4.78, 5) is 13.4. The molecule has 1 N–H and O–H groups in total. The predicted octanol–water partition coefficient (Wildman–Crippen LogP) is 7.20. The van der Waals surface area contributed by atoms with E-state index in [-0.39, 0.29) is 11.5 Å². The molecule has 0 amide bonds. The maximum absolute atomic E-state index is 13.4. The number of rotatable bonds is 4. The Labute approximate surface area is 190 Å². The van der Waals surface area contributed by atoms with E-state index in [2.05, 4.69) is 36.4 Å². The zero-order valence-electron chi connectivity index (χ0n) is 18.0. The van der Waals surface area contributed by atoms with Gasteiger partial charge in [0.2, 0.25) is 0 Å². The molecule has 6 rings (SSSR count). The van der Waals surface area contributed by atoms with Crippen molar-refractivity contribution in [3.8, 4) is 22.6 Å². The highest BCUT2D eigenvalue weighted by molar-refractivity contribution is 6.30. The van der Waals surface area contributed by atoms with Crippen molar-refractivity contribution < 1.29 is 14.6 Å². The number of para-hydroxylation sites is 2. The predicted molar refractivity (Wildman–Crippen MR) is 134 cm³/mol. The van der Waals surface area contributed by atoms with Gasteiger partial charge in [-0.05, 0) is 62.1 Å². The minimum atomic E-state index is -0.184. The molecule has 3 nitrogen and oxygen atoms in total. The van der Waals surface area contributed by atoms with E-state index in [1.807, 2.05) is 36.4 Å². The number of carbonyl (C=O) groups is 1. The van der Waals surface area contributed by atoms with Crippen LogP contribution in [-0.4, -0.2) is 18.0 Å². The number of hydrogen-bond acceptors (Lipinski definition) is 3. The van der Waals surface area contributed by atoms with E-state index in [4.69, 9.17) is 4.74 Å². The molecule has 33 heavy (non-hydrogen) atoms. The van der Waals surface area contributed by atoms with Crippen LogP contribution in [0.1, 0.15) is 15.9 Å². The monoisotopic (exact) mass is 428 g/mol. The van der Waals surface area contributed by atoms with Gasteiger partial charge in [0.15, 0.2) is 5.78 Å². The number of methoxy groups -OCH3 is 1. The van der Waals surface area contributed by atoms with Crippen LogP contribution in [0.2, 0.25) is 0 Å². The number of ketones is 1. The first-order valence-electron chi connectivity index (χ1n) is 10.8. The average molecular weight is 428 g/mol. The number of phenolic OH excluding ortho intramolecular Hbond substituents is 1. The fourth-order valence-electron chi connectivity index (χ4n) is 4.91. The number of hydrogen-bond donors (Lipinski definition) is 1. The smallest absolute Gasteiger partial charge is 0.197 e. The molecule has 0 atom stereocenters. The van der Waals surface area contributed by atoms with Gasteiger partial charge in [-0.2, -0.15) is 0 Å². The summed E-state index contributed by atoms with van der Waals surface area (Å²) >= 11 is 0. The van der Waals surface area contributed by atoms with E-state index in [0.717, 1.165) is 49.2 Å². The summed E-state index contributed by atoms with van der Waals surface area (Å²) in [6.07, 6.45) is 0. The van der Waals surface area contributed by atoms with E-state index in [1.165, 1.54) is 0 Å². The van der Waals surface area contributed by atoms with Crippen LogP contribution in [0.3, 0.4) is 0 Å². The first kappa shape index (κ1) is 19.3. The summed E-state index contributed by atoms with van der Waals surface area (Å²) in [5.41, 5.74) is 3.01. The van der Waals surface area contributed by atoms with Crippen molar-refractivity contribution in [3.05, 3.63) is 108 Å². The lowest BCUT2D eigenvalue weighted by Gasteiger charge is -2.17. The minimum absolute atomic E-state index is 0.00773. The number of phenols is 1. The molecule has 0 aliphatic carbocycles. The van der Waals surface area contributed by atoms with Crippen LogP contribution >= 0.6 is 0 Å². The first-order chi connectivity index (χ1) is 16.2. The Hall–Kier alpha value is -4.37. The van der Waals surface area contributed by atoms with Gasteiger partial charge >= 0.3 is 0 Å². The van der Waals surface area contributed by atoms with Crippen LogP contribution in [0.5, 0.6) is 11.5 Å². The Balaban J connectivity index is 1.68. The summed E-state index contributed by atoms with van der Waals surface area (Å²) in [6, 6.07) is 31.2. The van der Waals surface area contributed by atoms with Crippen LogP contribution in [-0.2, 0) is 0 Å². The Morgan fingerprint density at radius 2 is 1.27 bits per heavy atom. The Kier molecular flexibility index (Phi) is 4.30. The van der Waals surface area contributed by atoms with Gasteiger partial charge in [0, 0.05) is 11.1 Å². The number of ether oxygens (including phenoxy) is 1. The Morgan fingerprint density at radius 3 is 2.06 bits per heavy atom. The van der Waals surface area contributed by atoms with E-state index >= 15 is 0 Å². The quantitative estimate of drug-likeness (QED) is 0.239. The molecule has 0 aliphatic heterocycles. The second-order valence-electron chi connectivity index (χ2n) is 8.20. The molecule has 0 spiro atoms. The van der Waals surface area contributed by atoms with E-state index in [0.29, 0.717) is 11.1 Å². The van der Waals surface area contributed by atoms with Crippen molar-refractivity contribution in [2.75, 3.05) is 7.11 Å². The average Bonchev–Trinajstić information content (AvgIpc) is 2.87. The van der Waals surface area contributed by atoms with Gasteiger partial charge in [-0.1, -0.05) is 72.8 Å². The molecule has 6 aromatic rings. The van der Waals surface area contributed by atoms with Crippen LogP contribution in [0.4, 0.5) is 0 Å². The molecule has 0 heterocycles. The van der Waals surface area contributed by atoms with E-state index in [9.17, 15) is 9.90 Å². The molecular formula is C30H20O3. The Bertz CT molecular complexity index is 1680. The van der Waals surface area contributed by atoms with Crippen LogP contribution in [0.15, 0.2) is 97.1 Å². The van der Waals surface area contributed by atoms with Gasteiger partial charge in [0.05, 0.1) is 12.7 Å². The molecule has 6 aromatic carbocycles. The molecular weight excluding hydrogens is 408 g/mol. The molecule has 158 valence electrons. The van der Waals surface area contributed by atoms with E-state index in [1.54, 1.807) is 31.4 Å². The largest absolute Gasteiger partial charge is 0.507 e. The van der Waals surface area contributed by atoms with Gasteiger partial charge in [0.25, 0.3) is 0 Å². The fraction of sp³-hybridized carbons (Fsp3) is 0.0333. The summed E-state index contributed by atoms with van der Waals surface area (Å²) in [6.45, 7) is 0. The zero-order valence-corrected chi connectivity index (χ0v) is 18.0. The summed E-state index contributed by atoms with van der Waals surface area (Å²) in [7, 11) is 1.69. The summed E-state index contributed by atoms with van der Waals surface area (Å²) < 4.78 is 5.63. The SMILES string of the molecule is COc1ccccc1-c1ccc2ccc3ccc(C(=O)c4ccccc4O)c4ccc1c2c34. The highest BCUT2D eigenvalue weighted by Crippen LogP contribution is 2.42. The van der Waals surface area contributed by atoms with Crippen molar-refractivity contribution in [1.29, 1.82) is 0 Å². The van der Waals surface area contributed by atoms with Gasteiger partial charge in [0.1, 0.15) is 11.5 Å². The maximum atomic E-state index is 13.4. The van der Waals surface area contributed by atoms with Gasteiger partial charge in [-0.3, -0.25) is 4.79 Å². The van der Waals surface area contributed by atoms with Crippen LogP contribution in [0.25, 0.3) is 43.4 Å². The van der Waals surface area contributed by atoms with Gasteiger partial charge in [-0.15, -0.1) is 0 Å². The molecule has 0 fully saturated rings. The topological polar surface area (TPSA) is 46.5 Å². The van der Waals surface area contributed by atoms with Crippen LogP contribution in [0, 0.1) is 0 Å². The number of carbonyl (C=O) groups excluding carboxylic acids is 1. The molecule has 3 heteroatoms. The van der Waals surface area contributed by atoms with Crippen LogP contribution < -0.4 is 4.74 Å². The van der Waals surface area contributed by atoms with Crippen molar-refractivity contribution >= 4 is 38.1 Å². The van der Waals surface area contributed by atoms with Crippen molar-refractivity contribution in [2.24, 2.45) is 0 Å². The molecule has 0 aliphatic rings. The van der Waals surface area contributed by atoms with Gasteiger partial charge in [-0.25, -0.2) is 0 Å². The minimum Gasteiger partial charge on any atom is -0.507 e. The second-order valence-corrected chi connectivity index (χ2v) is 8.20. The highest BCUT2D eigenvalue weighted by atomic mass is 16.5. The maximum Gasteiger partial charge on any atom is 0.197 e. The second kappa shape index (κ2) is 7.35. The molecule has 0 radical (unpaired) electrons. The molecule has 0 unspecified atom stereocenters. The zero-order chi connectivity index (χ0) is 22.5. The molecule has 0 bridgehead atoms. The third-order valence-corrected chi connectivity index (χ3v) is 6.46. The third kappa shape index (κ3) is 2.86. The van der Waals surface area contributed by atoms with Crippen molar-refractivity contribution in [2.45, 2.75) is 0 Å². The first-order valence-corrected chi connectivity index (χ1v) is 10.8. The fourth-order valence-corrected chi connectivity index (χ4v) is 4.91. The van der Waals surface area contributed by atoms with Gasteiger partial charge < -0.3 is 9.84 Å². The van der Waals surface area contributed by atoms with Crippen molar-refractivity contribution in [1.82, 2.24) is 0 Å². The lowest BCUT2D eigenvalue weighted by molar-refractivity contribution is 0.103. The normalized spacial score (nSPS) is 11.4. The third-order valence-electron chi connectivity index (χ3n) is 6.46. The lowest BCUT2D eigenvalue weighted by atomic mass is 9.87. The number of aromatic hydroxyl groups is 1. The molecule has 0 aromatic heterocycles. The number of benzene rings is 6. The standard InChI is InChI=1S/C30H20O3/c1-33-27-9-5-3-6-21(27)20-14-12-18-10-11-19-13-15-24(23-17-16-22(20)28(18)29(19)23)30(32)25-7-2-4-8-26(25)31/h2-17,31H,1H3. The lowest BCUT2D eigenvalue weighted by Crippen LogP contribution is -2.03. The molecule has 0 saturated heterocycles. The Morgan fingerprint density at radius 1 is 0.636 bits per heavy atom. The molecule has 0 saturated carbocycles. The summed E-state index contributed by atoms with van der Waals surface area (Å²) in [5, 5.41) is 16.6. The highest BCUT2D eigenvalue weighted by Gasteiger charge is 2.20.